The van der Waals surface area contributed by atoms with E-state index in [9.17, 15) is 9.59 Å². The first-order chi connectivity index (χ1) is 11.1. The Hall–Kier alpha value is -1.84. The number of carbonyl (C=O) groups excluding carboxylic acids is 2. The van der Waals surface area contributed by atoms with Crippen molar-refractivity contribution < 1.29 is 9.59 Å². The van der Waals surface area contributed by atoms with Crippen LogP contribution in [0.4, 0.5) is 0 Å². The van der Waals surface area contributed by atoms with Gasteiger partial charge in [-0.15, -0.1) is 0 Å². The van der Waals surface area contributed by atoms with Crippen molar-refractivity contribution in [1.82, 2.24) is 9.80 Å². The third kappa shape index (κ3) is 3.92. The lowest BCUT2D eigenvalue weighted by molar-refractivity contribution is 0.0607. The third-order valence-electron chi connectivity index (χ3n) is 4.79. The van der Waals surface area contributed by atoms with E-state index in [1.165, 1.54) is 6.42 Å². The fraction of sp³-hybridized carbons (Fsp3) is 0.579. The van der Waals surface area contributed by atoms with Gasteiger partial charge in [-0.3, -0.25) is 9.59 Å². The van der Waals surface area contributed by atoms with Gasteiger partial charge in [0.05, 0.1) is 0 Å². The molecule has 0 aliphatic carbocycles. The van der Waals surface area contributed by atoms with Gasteiger partial charge in [-0.25, -0.2) is 0 Å². The van der Waals surface area contributed by atoms with E-state index in [1.54, 1.807) is 29.2 Å². The van der Waals surface area contributed by atoms with Crippen molar-refractivity contribution in [1.29, 1.82) is 0 Å². The summed E-state index contributed by atoms with van der Waals surface area (Å²) in [5.41, 5.74) is 1.33. The molecule has 1 heterocycles. The lowest BCUT2D eigenvalue weighted by atomic mass is 9.98. The SMILES string of the molecule is CCC1CCCCN1C(=O)c1ccc(C(=O)N(CC)CC)cc1. The van der Waals surface area contributed by atoms with Gasteiger partial charge in [-0.2, -0.15) is 0 Å². The molecule has 0 saturated carbocycles. The Morgan fingerprint density at radius 1 is 1.04 bits per heavy atom. The summed E-state index contributed by atoms with van der Waals surface area (Å²) < 4.78 is 0. The van der Waals surface area contributed by atoms with E-state index in [-0.39, 0.29) is 11.8 Å². The number of carbonyl (C=O) groups is 2. The fourth-order valence-corrected chi connectivity index (χ4v) is 3.31. The lowest BCUT2D eigenvalue weighted by Crippen LogP contribution is -2.43. The van der Waals surface area contributed by atoms with Crippen molar-refractivity contribution in [3.05, 3.63) is 35.4 Å². The molecule has 1 atom stereocenters. The van der Waals surface area contributed by atoms with Crippen LogP contribution in [0.15, 0.2) is 24.3 Å². The van der Waals surface area contributed by atoms with Gasteiger partial charge in [-0.1, -0.05) is 6.92 Å². The van der Waals surface area contributed by atoms with Crippen LogP contribution in [0.25, 0.3) is 0 Å². The first-order valence-electron chi connectivity index (χ1n) is 8.82. The summed E-state index contributed by atoms with van der Waals surface area (Å²) >= 11 is 0. The zero-order valence-corrected chi connectivity index (χ0v) is 14.5. The van der Waals surface area contributed by atoms with Gasteiger partial charge in [0.1, 0.15) is 0 Å². The summed E-state index contributed by atoms with van der Waals surface area (Å²) in [5.74, 6) is 0.122. The van der Waals surface area contributed by atoms with Crippen molar-refractivity contribution in [3.63, 3.8) is 0 Å². The van der Waals surface area contributed by atoms with Crippen molar-refractivity contribution in [2.75, 3.05) is 19.6 Å². The number of hydrogen-bond acceptors (Lipinski definition) is 2. The first kappa shape index (κ1) is 17.5. The van der Waals surface area contributed by atoms with E-state index in [0.717, 1.165) is 25.8 Å². The molecule has 1 fully saturated rings. The van der Waals surface area contributed by atoms with E-state index in [0.29, 0.717) is 30.3 Å². The minimum Gasteiger partial charge on any atom is -0.339 e. The molecule has 1 aromatic rings. The normalized spacial score (nSPS) is 17.9. The Morgan fingerprint density at radius 3 is 2.22 bits per heavy atom. The number of likely N-dealkylation sites (tertiary alicyclic amines) is 1. The Morgan fingerprint density at radius 2 is 1.65 bits per heavy atom. The zero-order valence-electron chi connectivity index (χ0n) is 14.5. The van der Waals surface area contributed by atoms with Gasteiger partial charge in [0, 0.05) is 36.8 Å². The van der Waals surface area contributed by atoms with Crippen LogP contribution in [0.3, 0.4) is 0 Å². The molecular formula is C19H28N2O2. The largest absolute Gasteiger partial charge is 0.339 e. The molecule has 4 heteroatoms. The molecule has 126 valence electrons. The van der Waals surface area contributed by atoms with E-state index in [1.807, 2.05) is 18.7 Å². The van der Waals surface area contributed by atoms with Gasteiger partial charge >= 0.3 is 0 Å². The second kappa shape index (κ2) is 8.14. The standard InChI is InChI=1S/C19H28N2O2/c1-4-17-9-7-8-14-21(17)19(23)16-12-10-15(11-13-16)18(22)20(5-2)6-3/h10-13,17H,4-9,14H2,1-3H3. The molecule has 2 amide bonds. The molecule has 0 bridgehead atoms. The summed E-state index contributed by atoms with van der Waals surface area (Å²) in [6.07, 6.45) is 4.39. The molecule has 0 N–H and O–H groups in total. The van der Waals surface area contributed by atoms with Gasteiger partial charge in [-0.05, 0) is 63.8 Å². The predicted octanol–water partition coefficient (Wildman–Crippen LogP) is 3.57. The average Bonchev–Trinajstić information content (AvgIpc) is 2.62. The molecule has 0 radical (unpaired) electrons. The van der Waals surface area contributed by atoms with E-state index in [4.69, 9.17) is 0 Å². The van der Waals surface area contributed by atoms with Crippen LogP contribution >= 0.6 is 0 Å². The van der Waals surface area contributed by atoms with Crippen LogP contribution in [0.2, 0.25) is 0 Å². The number of hydrogen-bond donors (Lipinski definition) is 0. The minimum atomic E-state index is 0.0263. The highest BCUT2D eigenvalue weighted by Gasteiger charge is 2.26. The smallest absolute Gasteiger partial charge is 0.254 e. The summed E-state index contributed by atoms with van der Waals surface area (Å²) in [7, 11) is 0. The zero-order chi connectivity index (χ0) is 16.8. The second-order valence-electron chi connectivity index (χ2n) is 6.11. The minimum absolute atomic E-state index is 0.0263. The van der Waals surface area contributed by atoms with Crippen LogP contribution in [-0.4, -0.2) is 47.3 Å². The van der Waals surface area contributed by atoms with E-state index in [2.05, 4.69) is 6.92 Å². The summed E-state index contributed by atoms with van der Waals surface area (Å²) in [6.45, 7) is 8.32. The molecular weight excluding hydrogens is 288 g/mol. The Bertz CT molecular complexity index is 535. The molecule has 1 aliphatic heterocycles. The second-order valence-corrected chi connectivity index (χ2v) is 6.11. The van der Waals surface area contributed by atoms with E-state index >= 15 is 0 Å². The molecule has 0 spiro atoms. The molecule has 1 saturated heterocycles. The number of piperidine rings is 1. The van der Waals surface area contributed by atoms with Gasteiger partial charge < -0.3 is 9.80 Å². The van der Waals surface area contributed by atoms with E-state index < -0.39 is 0 Å². The van der Waals surface area contributed by atoms with Crippen LogP contribution in [0.5, 0.6) is 0 Å². The quantitative estimate of drug-likeness (QED) is 0.833. The highest BCUT2D eigenvalue weighted by Crippen LogP contribution is 2.22. The molecule has 2 rings (SSSR count). The Labute approximate surface area is 139 Å². The topological polar surface area (TPSA) is 40.6 Å². The maximum Gasteiger partial charge on any atom is 0.254 e. The highest BCUT2D eigenvalue weighted by atomic mass is 16.2. The van der Waals surface area contributed by atoms with Gasteiger partial charge in [0.15, 0.2) is 0 Å². The molecule has 0 aromatic heterocycles. The number of amides is 2. The maximum atomic E-state index is 12.7. The summed E-state index contributed by atoms with van der Waals surface area (Å²) in [5, 5.41) is 0. The van der Waals surface area contributed by atoms with Crippen LogP contribution in [-0.2, 0) is 0 Å². The molecule has 1 unspecified atom stereocenters. The predicted molar refractivity (Wildman–Crippen MR) is 92.7 cm³/mol. The molecule has 4 nitrogen and oxygen atoms in total. The van der Waals surface area contributed by atoms with Crippen molar-refractivity contribution >= 4 is 11.8 Å². The molecule has 1 aromatic carbocycles. The number of rotatable bonds is 5. The fourth-order valence-electron chi connectivity index (χ4n) is 3.31. The number of nitrogens with zero attached hydrogens (tertiary/aromatic N) is 2. The number of benzene rings is 1. The Balaban J connectivity index is 2.12. The maximum absolute atomic E-state index is 12.7. The first-order valence-corrected chi connectivity index (χ1v) is 8.82. The van der Waals surface area contributed by atoms with Crippen molar-refractivity contribution in [2.24, 2.45) is 0 Å². The van der Waals surface area contributed by atoms with Crippen LogP contribution in [0, 0.1) is 0 Å². The Kier molecular flexibility index (Phi) is 6.20. The molecule has 1 aliphatic rings. The molecule has 23 heavy (non-hydrogen) atoms. The average molecular weight is 316 g/mol. The lowest BCUT2D eigenvalue weighted by Gasteiger charge is -2.35. The van der Waals surface area contributed by atoms with Crippen LogP contribution < -0.4 is 0 Å². The third-order valence-corrected chi connectivity index (χ3v) is 4.79. The van der Waals surface area contributed by atoms with Gasteiger partial charge in [0.25, 0.3) is 11.8 Å². The monoisotopic (exact) mass is 316 g/mol. The summed E-state index contributed by atoms with van der Waals surface area (Å²) in [6, 6.07) is 7.49. The van der Waals surface area contributed by atoms with Crippen molar-refractivity contribution in [2.45, 2.75) is 52.5 Å². The highest BCUT2D eigenvalue weighted by molar-refractivity contribution is 5.98. The van der Waals surface area contributed by atoms with Crippen molar-refractivity contribution in [3.8, 4) is 0 Å². The summed E-state index contributed by atoms with van der Waals surface area (Å²) in [4.78, 5) is 28.8. The van der Waals surface area contributed by atoms with Gasteiger partial charge in [0.2, 0.25) is 0 Å². The van der Waals surface area contributed by atoms with Crippen LogP contribution in [0.1, 0.15) is 67.2 Å².